The van der Waals surface area contributed by atoms with Gasteiger partial charge < -0.3 is 0 Å². The van der Waals surface area contributed by atoms with Gasteiger partial charge in [0.1, 0.15) is 0 Å². The van der Waals surface area contributed by atoms with Crippen molar-refractivity contribution in [2.75, 3.05) is 0 Å². The van der Waals surface area contributed by atoms with Crippen LogP contribution in [0.15, 0.2) is 70.4 Å². The number of nitrogens with zero attached hydrogens (tertiary/aromatic N) is 4. The topological polar surface area (TPSA) is 102 Å². The van der Waals surface area contributed by atoms with Crippen LogP contribution in [0.2, 0.25) is 0 Å². The van der Waals surface area contributed by atoms with E-state index in [0.717, 1.165) is 10.0 Å². The molecule has 0 saturated carbocycles. The van der Waals surface area contributed by atoms with Crippen LogP contribution in [0.4, 0.5) is 5.69 Å². The number of aromatic nitrogens is 2. The highest BCUT2D eigenvalue weighted by Gasteiger charge is 2.09. The third kappa shape index (κ3) is 5.08. The smallest absolute Gasteiger partial charge is 0.268 e. The van der Waals surface area contributed by atoms with Crippen molar-refractivity contribution in [3.8, 4) is 0 Å². The minimum Gasteiger partial charge on any atom is -0.268 e. The van der Waals surface area contributed by atoms with Gasteiger partial charge in [-0.15, -0.1) is 0 Å². The first-order chi connectivity index (χ1) is 13.0. The summed E-state index contributed by atoms with van der Waals surface area (Å²) in [6.07, 6.45) is 3.12. The molecule has 0 radical (unpaired) electrons. The first-order valence-corrected chi connectivity index (χ1v) is 8.66. The van der Waals surface area contributed by atoms with Crippen LogP contribution in [0.25, 0.3) is 0 Å². The van der Waals surface area contributed by atoms with Crippen molar-refractivity contribution >= 4 is 33.7 Å². The summed E-state index contributed by atoms with van der Waals surface area (Å²) in [4.78, 5) is 22.2. The number of amides is 1. The molecular weight excluding hydrogens is 414 g/mol. The number of rotatable bonds is 6. The monoisotopic (exact) mass is 427 g/mol. The van der Waals surface area contributed by atoms with Gasteiger partial charge in [-0.25, -0.2) is 5.43 Å². The molecular formula is C18H14BrN5O3. The Morgan fingerprint density at radius 3 is 2.56 bits per heavy atom. The number of nitro benzene ring substituents is 1. The molecule has 1 aromatic heterocycles. The summed E-state index contributed by atoms with van der Waals surface area (Å²) in [5.41, 5.74) is 4.31. The number of nitro groups is 1. The highest BCUT2D eigenvalue weighted by atomic mass is 79.9. The van der Waals surface area contributed by atoms with Crippen LogP contribution in [0.3, 0.4) is 0 Å². The number of halogens is 1. The van der Waals surface area contributed by atoms with Gasteiger partial charge in [-0.1, -0.05) is 28.1 Å². The molecule has 2 aromatic carbocycles. The molecule has 8 nitrogen and oxygen atoms in total. The van der Waals surface area contributed by atoms with Gasteiger partial charge in [-0.2, -0.15) is 10.2 Å². The molecule has 0 aliphatic rings. The predicted octanol–water partition coefficient (Wildman–Crippen LogP) is 3.37. The lowest BCUT2D eigenvalue weighted by Gasteiger charge is -2.02. The van der Waals surface area contributed by atoms with Crippen molar-refractivity contribution in [1.82, 2.24) is 15.2 Å². The van der Waals surface area contributed by atoms with E-state index in [1.165, 1.54) is 18.3 Å². The third-order valence-corrected chi connectivity index (χ3v) is 4.14. The summed E-state index contributed by atoms with van der Waals surface area (Å²) < 4.78 is 2.66. The zero-order valence-corrected chi connectivity index (χ0v) is 15.5. The maximum Gasteiger partial charge on any atom is 0.291 e. The SMILES string of the molecule is O=C(NN=Cc1ccc([N+](=O)[O-])cc1)c1ccn(Cc2ccc(Br)cc2)n1. The molecule has 0 spiro atoms. The largest absolute Gasteiger partial charge is 0.291 e. The molecule has 0 unspecified atom stereocenters. The fourth-order valence-electron chi connectivity index (χ4n) is 2.25. The van der Waals surface area contributed by atoms with E-state index in [1.807, 2.05) is 24.3 Å². The summed E-state index contributed by atoms with van der Waals surface area (Å²) in [7, 11) is 0. The number of carbonyl (C=O) groups excluding carboxylic acids is 1. The molecule has 1 N–H and O–H groups in total. The Morgan fingerprint density at radius 2 is 1.89 bits per heavy atom. The van der Waals surface area contributed by atoms with Crippen LogP contribution in [0.1, 0.15) is 21.6 Å². The van der Waals surface area contributed by atoms with Crippen LogP contribution in [-0.4, -0.2) is 26.8 Å². The zero-order chi connectivity index (χ0) is 19.2. The Hall–Kier alpha value is -3.33. The third-order valence-electron chi connectivity index (χ3n) is 3.61. The van der Waals surface area contributed by atoms with Gasteiger partial charge in [-0.3, -0.25) is 19.6 Å². The number of nitrogens with one attached hydrogen (secondary N) is 1. The normalized spacial score (nSPS) is 10.9. The van der Waals surface area contributed by atoms with E-state index in [-0.39, 0.29) is 11.4 Å². The number of hydrogen-bond donors (Lipinski definition) is 1. The highest BCUT2D eigenvalue weighted by Crippen LogP contribution is 2.12. The number of hydrogen-bond acceptors (Lipinski definition) is 5. The van der Waals surface area contributed by atoms with Gasteiger partial charge in [0.25, 0.3) is 11.6 Å². The minimum atomic E-state index is -0.479. The molecule has 0 aliphatic carbocycles. The second-order valence-electron chi connectivity index (χ2n) is 5.57. The van der Waals surface area contributed by atoms with Crippen LogP contribution >= 0.6 is 15.9 Å². The van der Waals surface area contributed by atoms with Crippen LogP contribution in [0.5, 0.6) is 0 Å². The number of hydrazone groups is 1. The molecule has 0 aliphatic heterocycles. The van der Waals surface area contributed by atoms with E-state index in [1.54, 1.807) is 29.1 Å². The van der Waals surface area contributed by atoms with E-state index in [4.69, 9.17) is 0 Å². The lowest BCUT2D eigenvalue weighted by molar-refractivity contribution is -0.384. The molecule has 9 heteroatoms. The van der Waals surface area contributed by atoms with Crippen LogP contribution in [-0.2, 0) is 6.54 Å². The Labute approximate surface area is 162 Å². The fraction of sp³-hybridized carbons (Fsp3) is 0.0556. The molecule has 136 valence electrons. The van der Waals surface area contributed by atoms with E-state index < -0.39 is 10.8 Å². The standard InChI is InChI=1S/C18H14BrN5O3/c19-15-5-1-14(2-6-15)12-23-10-9-17(22-23)18(25)21-20-11-13-3-7-16(8-4-13)24(26)27/h1-11H,12H2,(H,21,25). The van der Waals surface area contributed by atoms with Crippen molar-refractivity contribution in [1.29, 1.82) is 0 Å². The van der Waals surface area contributed by atoms with E-state index >= 15 is 0 Å². The molecule has 3 aromatic rings. The summed E-state index contributed by atoms with van der Waals surface area (Å²) in [6.45, 7) is 0.548. The summed E-state index contributed by atoms with van der Waals surface area (Å²) >= 11 is 3.39. The molecule has 1 amide bonds. The van der Waals surface area contributed by atoms with Crippen molar-refractivity contribution in [2.24, 2.45) is 5.10 Å². The lowest BCUT2D eigenvalue weighted by atomic mass is 10.2. The molecule has 0 fully saturated rings. The minimum absolute atomic E-state index is 0.00695. The fourth-order valence-corrected chi connectivity index (χ4v) is 2.52. The second kappa shape index (κ2) is 8.37. The van der Waals surface area contributed by atoms with Crippen molar-refractivity contribution in [3.05, 3.63) is 92.2 Å². The molecule has 27 heavy (non-hydrogen) atoms. The maximum absolute atomic E-state index is 12.1. The summed E-state index contributed by atoms with van der Waals surface area (Å²) in [5.74, 6) is -0.442. The van der Waals surface area contributed by atoms with E-state index in [2.05, 4.69) is 31.6 Å². The van der Waals surface area contributed by atoms with Crippen LogP contribution < -0.4 is 5.43 Å². The van der Waals surface area contributed by atoms with Gasteiger partial charge in [0.05, 0.1) is 17.7 Å². The number of benzene rings is 2. The first kappa shape index (κ1) is 18.5. The van der Waals surface area contributed by atoms with Gasteiger partial charge in [0.15, 0.2) is 5.69 Å². The van der Waals surface area contributed by atoms with Gasteiger partial charge in [0, 0.05) is 22.8 Å². The molecule has 1 heterocycles. The molecule has 3 rings (SSSR count). The highest BCUT2D eigenvalue weighted by molar-refractivity contribution is 9.10. The average Bonchev–Trinajstić information content (AvgIpc) is 3.12. The summed E-state index contributed by atoms with van der Waals surface area (Å²) in [5, 5.41) is 18.7. The van der Waals surface area contributed by atoms with Gasteiger partial charge >= 0.3 is 0 Å². The van der Waals surface area contributed by atoms with Crippen molar-refractivity contribution in [3.63, 3.8) is 0 Å². The maximum atomic E-state index is 12.1. The lowest BCUT2D eigenvalue weighted by Crippen LogP contribution is -2.18. The second-order valence-corrected chi connectivity index (χ2v) is 6.49. The average molecular weight is 428 g/mol. The molecule has 0 bridgehead atoms. The van der Waals surface area contributed by atoms with Crippen molar-refractivity contribution in [2.45, 2.75) is 6.54 Å². The Bertz CT molecular complexity index is 981. The molecule has 0 atom stereocenters. The zero-order valence-electron chi connectivity index (χ0n) is 13.9. The van der Waals surface area contributed by atoms with Gasteiger partial charge in [0.2, 0.25) is 0 Å². The Balaban J connectivity index is 1.57. The van der Waals surface area contributed by atoms with E-state index in [0.29, 0.717) is 12.1 Å². The quantitative estimate of drug-likeness (QED) is 0.370. The van der Waals surface area contributed by atoms with Gasteiger partial charge in [-0.05, 0) is 41.5 Å². The van der Waals surface area contributed by atoms with Crippen molar-refractivity contribution < 1.29 is 9.72 Å². The summed E-state index contributed by atoms with van der Waals surface area (Å²) in [6, 6.07) is 15.3. The number of carbonyl (C=O) groups is 1. The molecule has 0 saturated heterocycles. The predicted molar refractivity (Wildman–Crippen MR) is 104 cm³/mol. The van der Waals surface area contributed by atoms with Crippen LogP contribution in [0, 0.1) is 10.1 Å². The first-order valence-electron chi connectivity index (χ1n) is 7.87. The number of non-ortho nitro benzene ring substituents is 1. The van der Waals surface area contributed by atoms with E-state index in [9.17, 15) is 14.9 Å². The Morgan fingerprint density at radius 1 is 1.19 bits per heavy atom. The Kier molecular flexibility index (Phi) is 5.72.